The summed E-state index contributed by atoms with van der Waals surface area (Å²) in [6.45, 7) is 11.8. The van der Waals surface area contributed by atoms with Crippen molar-refractivity contribution in [3.05, 3.63) is 35.4 Å². The first kappa shape index (κ1) is 26.6. The monoisotopic (exact) mass is 416 g/mol. The largest absolute Gasteiger partial charge is 0.493 e. The van der Waals surface area contributed by atoms with Crippen molar-refractivity contribution in [3.8, 4) is 11.5 Å². The number of ether oxygens (including phenoxy) is 2. The molecule has 0 radical (unpaired) electrons. The van der Waals surface area contributed by atoms with Gasteiger partial charge in [-0.1, -0.05) is 90.4 Å². The third kappa shape index (κ3) is 11.7. The minimum absolute atomic E-state index is 0.792. The first-order valence-electron chi connectivity index (χ1n) is 12.2. The molecule has 30 heavy (non-hydrogen) atoms. The second-order valence-corrected chi connectivity index (χ2v) is 9.80. The van der Waals surface area contributed by atoms with Gasteiger partial charge in [0.2, 0.25) is 0 Å². The Morgan fingerprint density at radius 3 is 1.93 bits per heavy atom. The maximum absolute atomic E-state index is 5.40. The fourth-order valence-electron chi connectivity index (χ4n) is 4.11. The number of allylic oxidation sites excluding steroid dienone is 2. The fraction of sp³-hybridized carbons (Fsp3) is 0.714. The summed E-state index contributed by atoms with van der Waals surface area (Å²) < 4.78 is 10.7. The predicted molar refractivity (Wildman–Crippen MR) is 132 cm³/mol. The highest BCUT2D eigenvalue weighted by Crippen LogP contribution is 2.28. The van der Waals surface area contributed by atoms with E-state index in [1.165, 1.54) is 68.9 Å². The van der Waals surface area contributed by atoms with Gasteiger partial charge < -0.3 is 9.47 Å². The van der Waals surface area contributed by atoms with E-state index in [0.717, 1.165) is 35.7 Å². The van der Waals surface area contributed by atoms with Gasteiger partial charge in [-0.05, 0) is 61.6 Å². The Labute approximate surface area is 187 Å². The van der Waals surface area contributed by atoms with Crippen LogP contribution in [-0.2, 0) is 6.42 Å². The maximum Gasteiger partial charge on any atom is 0.160 e. The predicted octanol–water partition coefficient (Wildman–Crippen LogP) is 8.63. The van der Waals surface area contributed by atoms with Crippen molar-refractivity contribution in [3.63, 3.8) is 0 Å². The van der Waals surface area contributed by atoms with Gasteiger partial charge in [0.25, 0.3) is 0 Å². The number of benzene rings is 1. The van der Waals surface area contributed by atoms with Crippen molar-refractivity contribution in [2.24, 2.45) is 17.8 Å². The number of methoxy groups -OCH3 is 2. The number of rotatable bonds is 16. The topological polar surface area (TPSA) is 18.5 Å². The zero-order chi connectivity index (χ0) is 22.4. The standard InChI is InChI=1S/C28H48O2/c1-22(2)11-8-12-23(3)13-9-14-24(4)15-10-16-25(5)17-18-26-19-20-27(29-6)28(21-26)30-7/h17,19-24H,8-16,18H2,1-7H3/b25-17+. The molecule has 0 aliphatic carbocycles. The molecular formula is C28H48O2. The van der Waals surface area contributed by atoms with Crippen LogP contribution < -0.4 is 9.47 Å². The van der Waals surface area contributed by atoms with Gasteiger partial charge in [0.1, 0.15) is 0 Å². The molecule has 0 saturated heterocycles. The van der Waals surface area contributed by atoms with Crippen molar-refractivity contribution in [1.29, 1.82) is 0 Å². The van der Waals surface area contributed by atoms with Crippen LogP contribution in [0.3, 0.4) is 0 Å². The molecule has 0 saturated carbocycles. The molecule has 2 heteroatoms. The molecule has 0 fully saturated rings. The summed E-state index contributed by atoms with van der Waals surface area (Å²) in [5, 5.41) is 0. The van der Waals surface area contributed by atoms with Crippen LogP contribution in [0.25, 0.3) is 0 Å². The van der Waals surface area contributed by atoms with E-state index in [-0.39, 0.29) is 0 Å². The Morgan fingerprint density at radius 1 is 0.800 bits per heavy atom. The fourth-order valence-corrected chi connectivity index (χ4v) is 4.11. The van der Waals surface area contributed by atoms with Gasteiger partial charge in [-0.2, -0.15) is 0 Å². The maximum atomic E-state index is 5.40. The molecular weight excluding hydrogens is 368 g/mol. The van der Waals surface area contributed by atoms with E-state index in [1.807, 2.05) is 6.07 Å². The van der Waals surface area contributed by atoms with Crippen LogP contribution in [-0.4, -0.2) is 14.2 Å². The first-order valence-corrected chi connectivity index (χ1v) is 12.2. The van der Waals surface area contributed by atoms with Gasteiger partial charge in [-0.3, -0.25) is 0 Å². The molecule has 1 aromatic rings. The zero-order valence-electron chi connectivity index (χ0n) is 20.9. The van der Waals surface area contributed by atoms with E-state index >= 15 is 0 Å². The molecule has 0 spiro atoms. The Morgan fingerprint density at radius 2 is 1.37 bits per heavy atom. The molecule has 0 amide bonds. The SMILES string of the molecule is COc1ccc(C/C=C(\C)CCCC(C)CCCC(C)CCCC(C)C)cc1OC. The molecule has 1 rings (SSSR count). The molecule has 2 unspecified atom stereocenters. The minimum atomic E-state index is 0.792. The van der Waals surface area contributed by atoms with E-state index in [0.29, 0.717) is 0 Å². The first-order chi connectivity index (χ1) is 14.3. The summed E-state index contributed by atoms with van der Waals surface area (Å²) in [5.74, 6) is 4.21. The van der Waals surface area contributed by atoms with Crippen molar-refractivity contribution in [2.45, 2.75) is 98.8 Å². The minimum Gasteiger partial charge on any atom is -0.493 e. The molecule has 0 bridgehead atoms. The number of hydrogen-bond acceptors (Lipinski definition) is 2. The van der Waals surface area contributed by atoms with Gasteiger partial charge in [0.15, 0.2) is 11.5 Å². The van der Waals surface area contributed by atoms with Gasteiger partial charge >= 0.3 is 0 Å². The average Bonchev–Trinajstić information content (AvgIpc) is 2.71. The van der Waals surface area contributed by atoms with Crippen LogP contribution >= 0.6 is 0 Å². The molecule has 0 aliphatic rings. The third-order valence-corrected chi connectivity index (χ3v) is 6.27. The van der Waals surface area contributed by atoms with Crippen molar-refractivity contribution in [2.75, 3.05) is 14.2 Å². The Kier molecular flexibility index (Phi) is 13.6. The van der Waals surface area contributed by atoms with Gasteiger partial charge in [-0.25, -0.2) is 0 Å². The van der Waals surface area contributed by atoms with Gasteiger partial charge in [0.05, 0.1) is 14.2 Å². The van der Waals surface area contributed by atoms with E-state index in [2.05, 4.69) is 52.8 Å². The molecule has 2 atom stereocenters. The van der Waals surface area contributed by atoms with Crippen LogP contribution in [0.4, 0.5) is 0 Å². The second kappa shape index (κ2) is 15.4. The van der Waals surface area contributed by atoms with Crippen molar-refractivity contribution in [1.82, 2.24) is 0 Å². The van der Waals surface area contributed by atoms with Crippen LogP contribution in [0.1, 0.15) is 98.0 Å². The quantitative estimate of drug-likeness (QED) is 0.251. The zero-order valence-corrected chi connectivity index (χ0v) is 20.9. The molecule has 2 nitrogen and oxygen atoms in total. The second-order valence-electron chi connectivity index (χ2n) is 9.80. The van der Waals surface area contributed by atoms with E-state index in [9.17, 15) is 0 Å². The molecule has 0 aromatic heterocycles. The van der Waals surface area contributed by atoms with Crippen molar-refractivity contribution >= 4 is 0 Å². The normalized spacial score (nSPS) is 14.1. The van der Waals surface area contributed by atoms with Crippen LogP contribution in [0.2, 0.25) is 0 Å². The molecule has 172 valence electrons. The van der Waals surface area contributed by atoms with Gasteiger partial charge in [0, 0.05) is 0 Å². The number of hydrogen-bond donors (Lipinski definition) is 0. The summed E-state index contributed by atoms with van der Waals surface area (Å²) in [7, 11) is 3.37. The Bertz CT molecular complexity index is 603. The lowest BCUT2D eigenvalue weighted by Gasteiger charge is -2.15. The summed E-state index contributed by atoms with van der Waals surface area (Å²) in [5.41, 5.74) is 2.76. The molecule has 0 N–H and O–H groups in total. The van der Waals surface area contributed by atoms with Gasteiger partial charge in [-0.15, -0.1) is 0 Å². The van der Waals surface area contributed by atoms with Crippen LogP contribution in [0.5, 0.6) is 11.5 Å². The summed E-state index contributed by atoms with van der Waals surface area (Å²) >= 11 is 0. The summed E-state index contributed by atoms with van der Waals surface area (Å²) in [4.78, 5) is 0. The highest BCUT2D eigenvalue weighted by atomic mass is 16.5. The van der Waals surface area contributed by atoms with Crippen LogP contribution in [0.15, 0.2) is 29.8 Å². The molecule has 0 aliphatic heterocycles. The van der Waals surface area contributed by atoms with E-state index < -0.39 is 0 Å². The molecule has 0 heterocycles. The third-order valence-electron chi connectivity index (χ3n) is 6.27. The Hall–Kier alpha value is -1.44. The van der Waals surface area contributed by atoms with E-state index in [4.69, 9.17) is 9.47 Å². The highest BCUT2D eigenvalue weighted by molar-refractivity contribution is 5.43. The van der Waals surface area contributed by atoms with E-state index in [1.54, 1.807) is 14.2 Å². The van der Waals surface area contributed by atoms with Crippen molar-refractivity contribution < 1.29 is 9.47 Å². The Balaban J connectivity index is 2.21. The summed E-state index contributed by atoms with van der Waals surface area (Å²) in [6, 6.07) is 6.19. The highest BCUT2D eigenvalue weighted by Gasteiger charge is 2.07. The summed E-state index contributed by atoms with van der Waals surface area (Å²) in [6.07, 6.45) is 15.6. The van der Waals surface area contributed by atoms with Crippen LogP contribution in [0, 0.1) is 17.8 Å². The lowest BCUT2D eigenvalue weighted by atomic mass is 9.91. The smallest absolute Gasteiger partial charge is 0.160 e. The average molecular weight is 417 g/mol. The lowest BCUT2D eigenvalue weighted by Crippen LogP contribution is -2.00. The lowest BCUT2D eigenvalue weighted by molar-refractivity contribution is 0.354. The molecule has 1 aromatic carbocycles.